The SMILES string of the molecule is CCNC(C)(C#N)CCSc1ccccc1[N+](=O)[O-]. The molecule has 0 aliphatic heterocycles. The summed E-state index contributed by atoms with van der Waals surface area (Å²) in [5, 5.41) is 23.1. The molecule has 0 heterocycles. The van der Waals surface area contributed by atoms with Crippen LogP contribution in [0.15, 0.2) is 29.2 Å². The molecule has 0 saturated heterocycles. The summed E-state index contributed by atoms with van der Waals surface area (Å²) >= 11 is 1.41. The number of nitrogens with zero attached hydrogens (tertiary/aromatic N) is 2. The van der Waals surface area contributed by atoms with Crippen LogP contribution in [0, 0.1) is 21.4 Å². The molecule has 1 unspecified atom stereocenters. The highest BCUT2D eigenvalue weighted by atomic mass is 32.2. The second kappa shape index (κ2) is 7.12. The first kappa shape index (κ1) is 15.5. The molecule has 1 rings (SSSR count). The molecule has 19 heavy (non-hydrogen) atoms. The zero-order valence-corrected chi connectivity index (χ0v) is 11.9. The smallest absolute Gasteiger partial charge is 0.282 e. The highest BCUT2D eigenvalue weighted by molar-refractivity contribution is 7.99. The number of thioether (sulfide) groups is 1. The number of nitro benzene ring substituents is 1. The van der Waals surface area contributed by atoms with Gasteiger partial charge in [0.1, 0.15) is 5.54 Å². The quantitative estimate of drug-likeness (QED) is 0.471. The predicted molar refractivity (Wildman–Crippen MR) is 76.1 cm³/mol. The van der Waals surface area contributed by atoms with Crippen molar-refractivity contribution in [1.82, 2.24) is 5.32 Å². The molecular weight excluding hydrogens is 262 g/mol. The van der Waals surface area contributed by atoms with E-state index in [1.54, 1.807) is 18.2 Å². The molecule has 0 saturated carbocycles. The van der Waals surface area contributed by atoms with Gasteiger partial charge in [-0.25, -0.2) is 0 Å². The van der Waals surface area contributed by atoms with Gasteiger partial charge in [-0.3, -0.25) is 15.4 Å². The minimum Gasteiger partial charge on any atom is -0.300 e. The van der Waals surface area contributed by atoms with Gasteiger partial charge in [0, 0.05) is 11.8 Å². The van der Waals surface area contributed by atoms with Crippen LogP contribution in [0.5, 0.6) is 0 Å². The first-order chi connectivity index (χ1) is 9.02. The van der Waals surface area contributed by atoms with Crippen molar-refractivity contribution in [2.24, 2.45) is 0 Å². The summed E-state index contributed by atoms with van der Waals surface area (Å²) in [5.41, 5.74) is -0.458. The summed E-state index contributed by atoms with van der Waals surface area (Å²) in [6.45, 7) is 4.52. The number of benzene rings is 1. The number of nitrogens with one attached hydrogen (secondary N) is 1. The Morgan fingerprint density at radius 2 is 2.21 bits per heavy atom. The van der Waals surface area contributed by atoms with E-state index in [4.69, 9.17) is 5.26 Å². The van der Waals surface area contributed by atoms with E-state index < -0.39 is 5.54 Å². The van der Waals surface area contributed by atoms with Gasteiger partial charge in [0.15, 0.2) is 0 Å². The van der Waals surface area contributed by atoms with Crippen LogP contribution in [0.1, 0.15) is 20.3 Å². The number of hydrogen-bond acceptors (Lipinski definition) is 5. The molecule has 6 heteroatoms. The van der Waals surface area contributed by atoms with Crippen molar-refractivity contribution in [2.75, 3.05) is 12.3 Å². The third-order valence-corrected chi connectivity index (χ3v) is 3.80. The normalized spacial score (nSPS) is 13.5. The molecule has 0 fully saturated rings. The fourth-order valence-corrected chi connectivity index (χ4v) is 2.86. The van der Waals surface area contributed by atoms with Crippen LogP contribution in [-0.2, 0) is 0 Å². The van der Waals surface area contributed by atoms with Gasteiger partial charge in [-0.05, 0) is 26.0 Å². The average molecular weight is 279 g/mol. The van der Waals surface area contributed by atoms with Crippen LogP contribution < -0.4 is 5.32 Å². The van der Waals surface area contributed by atoms with Gasteiger partial charge in [0.25, 0.3) is 5.69 Å². The third-order valence-electron chi connectivity index (χ3n) is 2.74. The predicted octanol–water partition coefficient (Wildman–Crippen LogP) is 2.97. The maximum absolute atomic E-state index is 10.9. The van der Waals surface area contributed by atoms with Crippen LogP contribution in [0.25, 0.3) is 0 Å². The van der Waals surface area contributed by atoms with E-state index in [1.807, 2.05) is 13.8 Å². The molecule has 0 spiro atoms. The minimum atomic E-state index is -0.578. The maximum atomic E-state index is 10.9. The molecule has 5 nitrogen and oxygen atoms in total. The standard InChI is InChI=1S/C13H17N3O2S/c1-3-15-13(2,10-14)8-9-19-12-7-5-4-6-11(12)16(17)18/h4-7,15H,3,8-9H2,1-2H3. The summed E-state index contributed by atoms with van der Waals surface area (Å²) in [6, 6.07) is 8.91. The monoisotopic (exact) mass is 279 g/mol. The molecule has 0 bridgehead atoms. The van der Waals surface area contributed by atoms with Crippen molar-refractivity contribution in [1.29, 1.82) is 5.26 Å². The number of nitriles is 1. The number of hydrogen-bond donors (Lipinski definition) is 1. The molecular formula is C13H17N3O2S. The zero-order chi connectivity index (χ0) is 14.3. The van der Waals surface area contributed by atoms with Crippen LogP contribution >= 0.6 is 11.8 Å². The molecule has 0 aliphatic carbocycles. The summed E-state index contributed by atoms with van der Waals surface area (Å²) in [6.07, 6.45) is 0.633. The van der Waals surface area contributed by atoms with E-state index in [0.717, 1.165) is 6.54 Å². The fourth-order valence-electron chi connectivity index (χ4n) is 1.67. The van der Waals surface area contributed by atoms with Crippen LogP contribution in [0.4, 0.5) is 5.69 Å². The van der Waals surface area contributed by atoms with Crippen LogP contribution in [0.3, 0.4) is 0 Å². The van der Waals surface area contributed by atoms with E-state index >= 15 is 0 Å². The average Bonchev–Trinajstić information content (AvgIpc) is 2.39. The second-order valence-corrected chi connectivity index (χ2v) is 5.43. The Bertz CT molecular complexity index is 487. The van der Waals surface area contributed by atoms with Crippen molar-refractivity contribution in [2.45, 2.75) is 30.7 Å². The van der Waals surface area contributed by atoms with Crippen molar-refractivity contribution < 1.29 is 4.92 Å². The Labute approximate surface area is 117 Å². The lowest BCUT2D eigenvalue weighted by Gasteiger charge is -2.21. The van der Waals surface area contributed by atoms with Gasteiger partial charge in [0.05, 0.1) is 15.9 Å². The summed E-state index contributed by atoms with van der Waals surface area (Å²) in [4.78, 5) is 11.1. The van der Waals surface area contributed by atoms with Gasteiger partial charge in [-0.2, -0.15) is 5.26 Å². The first-order valence-corrected chi connectivity index (χ1v) is 7.03. The molecule has 0 aliphatic rings. The number of nitro groups is 1. The molecule has 1 aromatic carbocycles. The molecule has 102 valence electrons. The lowest BCUT2D eigenvalue weighted by Crippen LogP contribution is -2.41. The highest BCUT2D eigenvalue weighted by Crippen LogP contribution is 2.30. The van der Waals surface area contributed by atoms with E-state index in [9.17, 15) is 10.1 Å². The number of para-hydroxylation sites is 1. The van der Waals surface area contributed by atoms with E-state index in [2.05, 4.69) is 11.4 Å². The topological polar surface area (TPSA) is 79.0 Å². The second-order valence-electron chi connectivity index (χ2n) is 4.30. The number of rotatable bonds is 7. The molecule has 1 aromatic rings. The Hall–Kier alpha value is -1.58. The fraction of sp³-hybridized carbons (Fsp3) is 0.462. The van der Waals surface area contributed by atoms with Crippen LogP contribution in [-0.4, -0.2) is 22.8 Å². The first-order valence-electron chi connectivity index (χ1n) is 6.05. The van der Waals surface area contributed by atoms with E-state index in [-0.39, 0.29) is 10.6 Å². The molecule has 0 radical (unpaired) electrons. The minimum absolute atomic E-state index is 0.120. The Balaban J connectivity index is 2.63. The summed E-state index contributed by atoms with van der Waals surface area (Å²) in [7, 11) is 0. The molecule has 1 atom stereocenters. The van der Waals surface area contributed by atoms with Gasteiger partial charge >= 0.3 is 0 Å². The van der Waals surface area contributed by atoms with Gasteiger partial charge in [-0.15, -0.1) is 11.8 Å². The lowest BCUT2D eigenvalue weighted by atomic mass is 10.0. The Kier molecular flexibility index (Phi) is 5.80. The van der Waals surface area contributed by atoms with E-state index in [0.29, 0.717) is 17.1 Å². The lowest BCUT2D eigenvalue weighted by molar-refractivity contribution is -0.387. The van der Waals surface area contributed by atoms with Crippen molar-refractivity contribution >= 4 is 17.4 Å². The Morgan fingerprint density at radius 1 is 1.53 bits per heavy atom. The van der Waals surface area contributed by atoms with E-state index in [1.165, 1.54) is 17.8 Å². The van der Waals surface area contributed by atoms with Crippen LogP contribution in [0.2, 0.25) is 0 Å². The molecule has 0 amide bonds. The summed E-state index contributed by atoms with van der Waals surface area (Å²) < 4.78 is 0. The molecule has 1 N–H and O–H groups in total. The maximum Gasteiger partial charge on any atom is 0.282 e. The largest absolute Gasteiger partial charge is 0.300 e. The molecule has 0 aromatic heterocycles. The van der Waals surface area contributed by atoms with Crippen molar-refractivity contribution in [3.8, 4) is 6.07 Å². The Morgan fingerprint density at radius 3 is 2.79 bits per heavy atom. The van der Waals surface area contributed by atoms with Crippen molar-refractivity contribution in [3.05, 3.63) is 34.4 Å². The highest BCUT2D eigenvalue weighted by Gasteiger charge is 2.22. The third kappa shape index (κ3) is 4.54. The zero-order valence-electron chi connectivity index (χ0n) is 11.0. The van der Waals surface area contributed by atoms with Gasteiger partial charge in [0.2, 0.25) is 0 Å². The van der Waals surface area contributed by atoms with Gasteiger partial charge in [-0.1, -0.05) is 19.1 Å². The van der Waals surface area contributed by atoms with Gasteiger partial charge < -0.3 is 0 Å². The van der Waals surface area contributed by atoms with Crippen molar-refractivity contribution in [3.63, 3.8) is 0 Å². The summed E-state index contributed by atoms with van der Waals surface area (Å²) in [5.74, 6) is 0.655.